The molecule has 0 bridgehead atoms. The van der Waals surface area contributed by atoms with Gasteiger partial charge in [0.1, 0.15) is 11.2 Å². The molecule has 11 heteroatoms. The van der Waals surface area contributed by atoms with E-state index in [4.69, 9.17) is 19.4 Å². The quantitative estimate of drug-likeness (QED) is 0.168. The highest BCUT2D eigenvalue weighted by molar-refractivity contribution is 7.26. The molecule has 10 heterocycles. The fourth-order valence-electron chi connectivity index (χ4n) is 9.80. The fraction of sp³-hybridized carbons (Fsp3) is 0.0377. The second-order valence-corrected chi connectivity index (χ2v) is 17.2. The Bertz CT molecular complexity index is 4070. The van der Waals surface area contributed by atoms with Crippen molar-refractivity contribution in [1.82, 2.24) is 44.0 Å². The van der Waals surface area contributed by atoms with E-state index in [1.165, 1.54) is 20.7 Å². The lowest BCUT2D eigenvalue weighted by molar-refractivity contribution is 0.652. The van der Waals surface area contributed by atoms with Gasteiger partial charge in [-0.2, -0.15) is 0 Å². The Labute approximate surface area is 367 Å². The van der Waals surface area contributed by atoms with Crippen molar-refractivity contribution in [1.29, 1.82) is 0 Å². The van der Waals surface area contributed by atoms with Gasteiger partial charge < -0.3 is 13.6 Å². The topological polar surface area (TPSA) is 113 Å². The van der Waals surface area contributed by atoms with Gasteiger partial charge in [0.2, 0.25) is 5.71 Å². The molecule has 0 spiro atoms. The predicted octanol–water partition coefficient (Wildman–Crippen LogP) is 12.7. The van der Waals surface area contributed by atoms with E-state index in [0.717, 1.165) is 101 Å². The molecule has 10 aromatic heterocycles. The highest BCUT2D eigenvalue weighted by Crippen LogP contribution is 2.42. The van der Waals surface area contributed by atoms with Crippen molar-refractivity contribution in [2.24, 2.45) is 0 Å². The van der Waals surface area contributed by atoms with Gasteiger partial charge in [0, 0.05) is 119 Å². The van der Waals surface area contributed by atoms with Crippen molar-refractivity contribution < 1.29 is 4.42 Å². The molecule has 0 N–H and O–H groups in total. The number of nitrogens with zero attached hydrogens (tertiary/aromatic N) is 9. The van der Waals surface area contributed by atoms with E-state index < -0.39 is 0 Å². The Morgan fingerprint density at radius 3 is 2.22 bits per heavy atom. The van der Waals surface area contributed by atoms with Crippen LogP contribution < -0.4 is 0 Å². The maximum atomic E-state index is 6.50. The Hall–Kier alpha value is -8.41. The number of rotatable bonds is 5. The number of hydrogen-bond acceptors (Lipinski definition) is 9. The van der Waals surface area contributed by atoms with Gasteiger partial charge in [-0.15, -0.1) is 11.3 Å². The van der Waals surface area contributed by atoms with Gasteiger partial charge in [-0.25, -0.2) is 15.0 Å². The zero-order valence-electron chi connectivity index (χ0n) is 33.8. The minimum absolute atomic E-state index is 0.520. The van der Waals surface area contributed by atoms with Crippen molar-refractivity contribution >= 4 is 92.5 Å². The van der Waals surface area contributed by atoms with Gasteiger partial charge in [-0.05, 0) is 91.2 Å². The van der Waals surface area contributed by atoms with Gasteiger partial charge in [-0.1, -0.05) is 36.4 Å². The minimum Gasteiger partial charge on any atom is -0.434 e. The van der Waals surface area contributed by atoms with Gasteiger partial charge in [-0.3, -0.25) is 19.9 Å². The predicted molar refractivity (Wildman–Crippen MR) is 256 cm³/mol. The first kappa shape index (κ1) is 35.2. The van der Waals surface area contributed by atoms with E-state index in [1.807, 2.05) is 61.7 Å². The van der Waals surface area contributed by atoms with Crippen LogP contribution in [0.3, 0.4) is 0 Å². The minimum atomic E-state index is 0.520. The molecule has 0 radical (unpaired) electrons. The summed E-state index contributed by atoms with van der Waals surface area (Å²) < 4.78 is 13.6. The van der Waals surface area contributed by atoms with Crippen molar-refractivity contribution in [2.75, 3.05) is 0 Å². The third kappa shape index (κ3) is 5.15. The van der Waals surface area contributed by atoms with E-state index >= 15 is 0 Å². The average molecular weight is 842 g/mol. The van der Waals surface area contributed by atoms with Crippen LogP contribution in [0.2, 0.25) is 0 Å². The summed E-state index contributed by atoms with van der Waals surface area (Å²) in [6, 6.07) is 34.0. The van der Waals surface area contributed by atoms with Crippen LogP contribution >= 0.6 is 11.3 Å². The molecule has 0 aliphatic heterocycles. The van der Waals surface area contributed by atoms with Crippen LogP contribution in [-0.4, -0.2) is 44.0 Å². The van der Waals surface area contributed by atoms with Crippen LogP contribution in [0.15, 0.2) is 163 Å². The lowest BCUT2D eigenvalue weighted by atomic mass is 10.0. The number of pyridine rings is 5. The SMILES string of the molecule is C1=Cc2c(n(-c3cccc(-c4cncc5c4sc4ccncc45)c3)c3ccc(-c4nc(-c5cccc(-n6c7cnccc7c7ccncc76)c5)c5oc6ncccc6c5n4)cc23)CC1. The zero-order chi connectivity index (χ0) is 41.9. The molecule has 64 heavy (non-hydrogen) atoms. The number of aromatic nitrogens is 9. The Morgan fingerprint density at radius 1 is 0.562 bits per heavy atom. The first-order chi connectivity index (χ1) is 31.7. The molecule has 0 saturated heterocycles. The van der Waals surface area contributed by atoms with Crippen LogP contribution in [0, 0.1) is 0 Å². The molecule has 0 fully saturated rings. The monoisotopic (exact) mass is 841 g/mol. The zero-order valence-corrected chi connectivity index (χ0v) is 34.7. The number of hydrogen-bond donors (Lipinski definition) is 0. The summed E-state index contributed by atoms with van der Waals surface area (Å²) in [7, 11) is 0. The van der Waals surface area contributed by atoms with Gasteiger partial charge >= 0.3 is 0 Å². The van der Waals surface area contributed by atoms with E-state index in [9.17, 15) is 0 Å². The molecule has 1 aliphatic rings. The molecule has 300 valence electrons. The molecule has 0 saturated carbocycles. The highest BCUT2D eigenvalue weighted by atomic mass is 32.1. The van der Waals surface area contributed by atoms with Crippen molar-refractivity contribution in [3.63, 3.8) is 0 Å². The molecule has 0 atom stereocenters. The van der Waals surface area contributed by atoms with Crippen LogP contribution in [0.1, 0.15) is 17.7 Å². The molecule has 14 rings (SSSR count). The largest absolute Gasteiger partial charge is 0.434 e. The van der Waals surface area contributed by atoms with Crippen molar-refractivity contribution in [3.8, 4) is 45.1 Å². The maximum Gasteiger partial charge on any atom is 0.229 e. The van der Waals surface area contributed by atoms with Gasteiger partial charge in [0.05, 0.1) is 34.3 Å². The summed E-state index contributed by atoms with van der Waals surface area (Å²) in [5.41, 5.74) is 14.3. The summed E-state index contributed by atoms with van der Waals surface area (Å²) in [6.45, 7) is 0. The summed E-state index contributed by atoms with van der Waals surface area (Å²) in [6.07, 6.45) is 23.4. The smallest absolute Gasteiger partial charge is 0.229 e. The van der Waals surface area contributed by atoms with E-state index in [0.29, 0.717) is 22.8 Å². The first-order valence-corrected chi connectivity index (χ1v) is 21.9. The summed E-state index contributed by atoms with van der Waals surface area (Å²) in [5, 5.41) is 6.48. The van der Waals surface area contributed by atoms with E-state index in [1.54, 1.807) is 17.5 Å². The first-order valence-electron chi connectivity index (χ1n) is 21.1. The molecule has 0 unspecified atom stereocenters. The Morgan fingerprint density at radius 2 is 1.34 bits per heavy atom. The number of furan rings is 1. The molecular formula is C53H31N9OS. The number of thiophene rings is 1. The van der Waals surface area contributed by atoms with E-state index in [-0.39, 0.29) is 0 Å². The molecule has 0 amide bonds. The lowest BCUT2D eigenvalue weighted by Gasteiger charge is -2.14. The summed E-state index contributed by atoms with van der Waals surface area (Å²) >= 11 is 1.79. The van der Waals surface area contributed by atoms with Gasteiger partial charge in [0.15, 0.2) is 11.4 Å². The second kappa shape index (κ2) is 13.5. The molecular weight excluding hydrogens is 811 g/mol. The van der Waals surface area contributed by atoms with E-state index in [2.05, 4.69) is 126 Å². The fourth-order valence-corrected chi connectivity index (χ4v) is 11.0. The number of allylic oxidation sites excluding steroid dienone is 1. The Balaban J connectivity index is 0.937. The van der Waals surface area contributed by atoms with Crippen LogP contribution in [-0.2, 0) is 6.42 Å². The summed E-state index contributed by atoms with van der Waals surface area (Å²) in [5.74, 6) is 0.606. The maximum absolute atomic E-state index is 6.50. The Kier molecular flexibility index (Phi) is 7.45. The number of benzene rings is 3. The lowest BCUT2D eigenvalue weighted by Crippen LogP contribution is -2.03. The normalized spacial score (nSPS) is 12.8. The van der Waals surface area contributed by atoms with Gasteiger partial charge in [0.25, 0.3) is 0 Å². The average Bonchev–Trinajstić information content (AvgIpc) is 4.11. The highest BCUT2D eigenvalue weighted by Gasteiger charge is 2.24. The molecule has 1 aliphatic carbocycles. The molecule has 10 nitrogen and oxygen atoms in total. The van der Waals surface area contributed by atoms with Crippen LogP contribution in [0.4, 0.5) is 0 Å². The third-order valence-corrected chi connectivity index (χ3v) is 13.9. The summed E-state index contributed by atoms with van der Waals surface area (Å²) in [4.78, 5) is 33.3. The second-order valence-electron chi connectivity index (χ2n) is 16.2. The van der Waals surface area contributed by atoms with Crippen LogP contribution in [0.5, 0.6) is 0 Å². The third-order valence-electron chi connectivity index (χ3n) is 12.6. The van der Waals surface area contributed by atoms with Crippen LogP contribution in [0.25, 0.3) is 126 Å². The number of fused-ring (bicyclic) bond motifs is 12. The van der Waals surface area contributed by atoms with Crippen molar-refractivity contribution in [2.45, 2.75) is 12.8 Å². The molecule has 3 aromatic carbocycles. The molecule has 13 aromatic rings. The standard InChI is InChI=1S/C53H31N9OS/c1-2-12-43-35(10-1)39-24-32(13-14-44(39)61(43)33-8-3-6-30(22-33)40-25-57-27-42-41-26-54-21-17-47(41)64-51(40)42)52-59-48(50-49(60-52)38-11-5-18-58-53(38)63-50)31-7-4-9-34(23-31)62-45-28-55-19-15-36(45)37-16-20-56-29-46(37)62/h1,3-11,13-29H,2,12H2. The van der Waals surface area contributed by atoms with Crippen molar-refractivity contribution in [3.05, 3.63) is 170 Å².